The maximum absolute atomic E-state index is 12.9. The van der Waals surface area contributed by atoms with Gasteiger partial charge in [0, 0.05) is 22.3 Å². The molecule has 0 bridgehead atoms. The van der Waals surface area contributed by atoms with Gasteiger partial charge in [0.25, 0.3) is 0 Å². The molecule has 27 heavy (non-hydrogen) atoms. The molecule has 7 heteroatoms. The van der Waals surface area contributed by atoms with Gasteiger partial charge in [0.15, 0.2) is 5.82 Å². The zero-order valence-corrected chi connectivity index (χ0v) is 16.6. The fourth-order valence-electron chi connectivity index (χ4n) is 2.99. The summed E-state index contributed by atoms with van der Waals surface area (Å²) in [6, 6.07) is 18.0. The number of fused-ring (bicyclic) bond motifs is 1. The lowest BCUT2D eigenvalue weighted by molar-refractivity contribution is -0.116. The molecule has 1 unspecified atom stereocenters. The van der Waals surface area contributed by atoms with Crippen molar-refractivity contribution >= 4 is 35.1 Å². The number of nitrogens with one attached hydrogen (secondary N) is 1. The molecular formula is C20H20N4OS2. The predicted molar refractivity (Wildman–Crippen MR) is 111 cm³/mol. The number of hydrogen-bond donors (Lipinski definition) is 1. The van der Waals surface area contributed by atoms with E-state index in [1.54, 1.807) is 0 Å². The number of anilines is 1. The van der Waals surface area contributed by atoms with Crippen LogP contribution < -0.4 is 4.90 Å². The van der Waals surface area contributed by atoms with Gasteiger partial charge in [-0.25, -0.2) is 4.98 Å². The number of benzene rings is 2. The Morgan fingerprint density at radius 1 is 1.22 bits per heavy atom. The number of aromatic nitrogens is 3. The van der Waals surface area contributed by atoms with E-state index in [2.05, 4.69) is 28.2 Å². The van der Waals surface area contributed by atoms with Gasteiger partial charge in [-0.2, -0.15) is 0 Å². The van der Waals surface area contributed by atoms with Crippen molar-refractivity contribution in [3.8, 4) is 11.4 Å². The van der Waals surface area contributed by atoms with Crippen molar-refractivity contribution in [2.24, 2.45) is 0 Å². The number of nitrogens with zero attached hydrogens (tertiary/aromatic N) is 3. The fourth-order valence-corrected chi connectivity index (χ4v) is 4.77. The van der Waals surface area contributed by atoms with Crippen molar-refractivity contribution in [3.63, 3.8) is 0 Å². The Bertz CT molecular complexity index is 928. The number of thioether (sulfide) groups is 2. The molecule has 1 N–H and O–H groups in total. The highest BCUT2D eigenvalue weighted by Gasteiger charge is 2.24. The van der Waals surface area contributed by atoms with Crippen molar-refractivity contribution in [1.29, 1.82) is 0 Å². The topological polar surface area (TPSA) is 61.9 Å². The van der Waals surface area contributed by atoms with Gasteiger partial charge in [-0.05, 0) is 18.6 Å². The number of amides is 1. The minimum absolute atomic E-state index is 0.0909. The van der Waals surface area contributed by atoms with Gasteiger partial charge in [0.2, 0.25) is 11.1 Å². The summed E-state index contributed by atoms with van der Waals surface area (Å²) in [5, 5.41) is 8.27. The van der Waals surface area contributed by atoms with Crippen LogP contribution in [0.4, 0.5) is 5.69 Å². The monoisotopic (exact) mass is 396 g/mol. The zero-order valence-electron chi connectivity index (χ0n) is 15.0. The van der Waals surface area contributed by atoms with E-state index >= 15 is 0 Å². The van der Waals surface area contributed by atoms with Crippen molar-refractivity contribution in [1.82, 2.24) is 15.2 Å². The second-order valence-corrected chi connectivity index (χ2v) is 8.77. The SMILES string of the molecule is CC1CCN(C(=O)CSc2n[nH]c(-c3ccccc3)n2)c2ccccc2S1. The van der Waals surface area contributed by atoms with E-state index in [1.807, 2.05) is 65.2 Å². The maximum atomic E-state index is 12.9. The lowest BCUT2D eigenvalue weighted by Gasteiger charge is -2.22. The number of aromatic amines is 1. The van der Waals surface area contributed by atoms with Crippen LogP contribution in [0.3, 0.4) is 0 Å². The smallest absolute Gasteiger partial charge is 0.237 e. The Balaban J connectivity index is 1.45. The Hall–Kier alpha value is -2.25. The average Bonchev–Trinajstić information content (AvgIpc) is 3.10. The summed E-state index contributed by atoms with van der Waals surface area (Å²) in [7, 11) is 0. The molecular weight excluding hydrogens is 376 g/mol. The van der Waals surface area contributed by atoms with Crippen LogP contribution in [0.1, 0.15) is 13.3 Å². The lowest BCUT2D eigenvalue weighted by atomic mass is 10.2. The summed E-state index contributed by atoms with van der Waals surface area (Å²) in [5.41, 5.74) is 1.99. The Labute approximate surface area is 167 Å². The molecule has 0 fully saturated rings. The fraction of sp³-hybridized carbons (Fsp3) is 0.250. The number of hydrogen-bond acceptors (Lipinski definition) is 5. The van der Waals surface area contributed by atoms with Crippen LogP contribution in [0.25, 0.3) is 11.4 Å². The first-order valence-corrected chi connectivity index (χ1v) is 10.7. The molecule has 0 aliphatic carbocycles. The molecule has 1 aliphatic heterocycles. The molecule has 0 radical (unpaired) electrons. The molecule has 1 aliphatic rings. The normalized spacial score (nSPS) is 16.6. The second-order valence-electron chi connectivity index (χ2n) is 6.35. The van der Waals surface area contributed by atoms with E-state index in [4.69, 9.17) is 0 Å². The Morgan fingerprint density at radius 2 is 2.00 bits per heavy atom. The van der Waals surface area contributed by atoms with Gasteiger partial charge < -0.3 is 4.90 Å². The molecule has 0 spiro atoms. The van der Waals surface area contributed by atoms with E-state index in [0.717, 1.165) is 30.0 Å². The standard InChI is InChI=1S/C20H20N4OS2/c1-14-11-12-24(16-9-5-6-10-17(16)27-14)18(25)13-26-20-21-19(22-23-20)15-7-3-2-4-8-15/h2-10,14H,11-13H2,1H3,(H,21,22,23). The van der Waals surface area contributed by atoms with Crippen molar-refractivity contribution in [2.45, 2.75) is 28.6 Å². The van der Waals surface area contributed by atoms with E-state index in [1.165, 1.54) is 16.7 Å². The van der Waals surface area contributed by atoms with Crippen LogP contribution in [-0.2, 0) is 4.79 Å². The van der Waals surface area contributed by atoms with Gasteiger partial charge in [-0.3, -0.25) is 9.89 Å². The van der Waals surface area contributed by atoms with Crippen LogP contribution in [0.15, 0.2) is 64.6 Å². The summed E-state index contributed by atoms with van der Waals surface area (Å²) in [6.07, 6.45) is 0.981. The first kappa shape index (κ1) is 18.1. The lowest BCUT2D eigenvalue weighted by Crippen LogP contribution is -2.33. The van der Waals surface area contributed by atoms with Crippen LogP contribution in [0.2, 0.25) is 0 Å². The maximum Gasteiger partial charge on any atom is 0.237 e. The summed E-state index contributed by atoms with van der Waals surface area (Å²) in [4.78, 5) is 20.5. The summed E-state index contributed by atoms with van der Waals surface area (Å²) < 4.78 is 0. The number of rotatable bonds is 4. The molecule has 1 amide bonds. The number of H-pyrrole nitrogens is 1. The van der Waals surface area contributed by atoms with Crippen molar-refractivity contribution in [3.05, 3.63) is 54.6 Å². The van der Waals surface area contributed by atoms with Gasteiger partial charge in [0.1, 0.15) is 0 Å². The van der Waals surface area contributed by atoms with Gasteiger partial charge in [0.05, 0.1) is 11.4 Å². The van der Waals surface area contributed by atoms with Gasteiger partial charge in [-0.1, -0.05) is 61.2 Å². The molecule has 1 aromatic heterocycles. The van der Waals surface area contributed by atoms with Gasteiger partial charge in [-0.15, -0.1) is 16.9 Å². The average molecular weight is 397 g/mol. The third-order valence-corrected chi connectivity index (χ3v) is 6.45. The van der Waals surface area contributed by atoms with Crippen LogP contribution in [-0.4, -0.2) is 38.6 Å². The minimum atomic E-state index is 0.0909. The number of carbonyl (C=O) groups is 1. The summed E-state index contributed by atoms with van der Waals surface area (Å²) >= 11 is 3.21. The van der Waals surface area contributed by atoms with E-state index < -0.39 is 0 Å². The first-order valence-electron chi connectivity index (χ1n) is 8.87. The molecule has 0 saturated heterocycles. The van der Waals surface area contributed by atoms with E-state index in [9.17, 15) is 4.79 Å². The summed E-state index contributed by atoms with van der Waals surface area (Å²) in [5.74, 6) is 1.13. The van der Waals surface area contributed by atoms with E-state index in [0.29, 0.717) is 16.2 Å². The first-order chi connectivity index (χ1) is 13.2. The summed E-state index contributed by atoms with van der Waals surface area (Å²) in [6.45, 7) is 2.96. The largest absolute Gasteiger partial charge is 0.311 e. The van der Waals surface area contributed by atoms with Gasteiger partial charge >= 0.3 is 0 Å². The zero-order chi connectivity index (χ0) is 18.6. The molecule has 3 aromatic rings. The third-order valence-electron chi connectivity index (χ3n) is 4.38. The van der Waals surface area contributed by atoms with Crippen LogP contribution >= 0.6 is 23.5 Å². The number of carbonyl (C=O) groups excluding carboxylic acids is 1. The second kappa shape index (κ2) is 8.19. The van der Waals surface area contributed by atoms with E-state index in [-0.39, 0.29) is 5.91 Å². The predicted octanol–water partition coefficient (Wildman–Crippen LogP) is 4.48. The van der Waals surface area contributed by atoms with Crippen molar-refractivity contribution < 1.29 is 4.79 Å². The molecule has 138 valence electrons. The molecule has 2 heterocycles. The number of para-hydroxylation sites is 1. The quantitative estimate of drug-likeness (QED) is 0.659. The molecule has 4 rings (SSSR count). The highest BCUT2D eigenvalue weighted by Crippen LogP contribution is 2.37. The van der Waals surface area contributed by atoms with Crippen LogP contribution in [0, 0.1) is 0 Å². The minimum Gasteiger partial charge on any atom is -0.311 e. The molecule has 5 nitrogen and oxygen atoms in total. The Kier molecular flexibility index (Phi) is 5.50. The highest BCUT2D eigenvalue weighted by molar-refractivity contribution is 8.00. The molecule has 0 saturated carbocycles. The Morgan fingerprint density at radius 3 is 2.85 bits per heavy atom. The third kappa shape index (κ3) is 4.20. The molecule has 2 aromatic carbocycles. The van der Waals surface area contributed by atoms with Crippen LogP contribution in [0.5, 0.6) is 0 Å². The highest BCUT2D eigenvalue weighted by atomic mass is 32.2. The molecule has 1 atom stereocenters. The van der Waals surface area contributed by atoms with Crippen molar-refractivity contribution in [2.75, 3.05) is 17.2 Å².